The minimum absolute atomic E-state index is 0.625. The van der Waals surface area contributed by atoms with E-state index in [1.807, 2.05) is 36.4 Å². The largest absolute Gasteiger partial charge is 0.497 e. The van der Waals surface area contributed by atoms with Crippen molar-refractivity contribution in [2.75, 3.05) is 20.3 Å². The lowest BCUT2D eigenvalue weighted by Gasteiger charge is -2.09. The first-order valence-electron chi connectivity index (χ1n) is 7.30. The van der Waals surface area contributed by atoms with E-state index in [4.69, 9.17) is 14.2 Å². The lowest BCUT2D eigenvalue weighted by atomic mass is 10.2. The Labute approximate surface area is 126 Å². The zero-order chi connectivity index (χ0) is 14.9. The first-order valence-corrected chi connectivity index (χ1v) is 7.30. The fraction of sp³-hybridized carbons (Fsp3) is 0.333. The number of aryl methyl sites for hydroxylation is 1. The van der Waals surface area contributed by atoms with E-state index in [9.17, 15) is 0 Å². The quantitative estimate of drug-likeness (QED) is 0.684. The molecule has 0 aliphatic carbocycles. The molecule has 2 aromatic rings. The van der Waals surface area contributed by atoms with Crippen molar-refractivity contribution >= 4 is 0 Å². The molecule has 2 aromatic carbocycles. The average molecular weight is 286 g/mol. The lowest BCUT2D eigenvalue weighted by Crippen LogP contribution is -2.05. The van der Waals surface area contributed by atoms with Gasteiger partial charge < -0.3 is 14.2 Å². The monoisotopic (exact) mass is 286 g/mol. The van der Waals surface area contributed by atoms with Crippen LogP contribution in [0.4, 0.5) is 0 Å². The smallest absolute Gasteiger partial charge is 0.122 e. The van der Waals surface area contributed by atoms with Crippen molar-refractivity contribution in [3.8, 4) is 17.2 Å². The zero-order valence-corrected chi connectivity index (χ0v) is 12.7. The van der Waals surface area contributed by atoms with Crippen molar-refractivity contribution in [3.05, 3.63) is 54.1 Å². The molecule has 3 heteroatoms. The normalized spacial score (nSPS) is 10.2. The maximum absolute atomic E-state index is 5.68. The molecule has 0 aromatic heterocycles. The Bertz CT molecular complexity index is 534. The van der Waals surface area contributed by atoms with Gasteiger partial charge in [-0.05, 0) is 36.2 Å². The molecular formula is C18H22O3. The number of rotatable bonds is 8. The Balaban J connectivity index is 1.67. The second-order valence-corrected chi connectivity index (χ2v) is 4.73. The maximum Gasteiger partial charge on any atom is 0.122 e. The Morgan fingerprint density at radius 2 is 1.48 bits per heavy atom. The number of ether oxygens (including phenoxy) is 3. The van der Waals surface area contributed by atoms with E-state index < -0.39 is 0 Å². The van der Waals surface area contributed by atoms with Crippen LogP contribution < -0.4 is 14.2 Å². The second-order valence-electron chi connectivity index (χ2n) is 4.73. The molecule has 0 spiro atoms. The number of methoxy groups -OCH3 is 1. The van der Waals surface area contributed by atoms with E-state index in [-0.39, 0.29) is 0 Å². The third-order valence-corrected chi connectivity index (χ3v) is 3.20. The van der Waals surface area contributed by atoms with Gasteiger partial charge in [0.25, 0.3) is 0 Å². The number of hydrogen-bond acceptors (Lipinski definition) is 3. The van der Waals surface area contributed by atoms with E-state index in [0.717, 1.165) is 30.1 Å². The molecule has 0 unspecified atom stereocenters. The molecule has 0 radical (unpaired) electrons. The molecule has 0 heterocycles. The summed E-state index contributed by atoms with van der Waals surface area (Å²) in [5.74, 6) is 2.54. The summed E-state index contributed by atoms with van der Waals surface area (Å²) >= 11 is 0. The van der Waals surface area contributed by atoms with E-state index in [2.05, 4.69) is 19.1 Å². The van der Waals surface area contributed by atoms with Crippen molar-refractivity contribution in [1.82, 2.24) is 0 Å². The number of hydrogen-bond donors (Lipinski definition) is 0. The van der Waals surface area contributed by atoms with Crippen LogP contribution in [0.15, 0.2) is 48.5 Å². The molecule has 0 amide bonds. The fourth-order valence-corrected chi connectivity index (χ4v) is 1.95. The minimum Gasteiger partial charge on any atom is -0.497 e. The molecule has 0 saturated carbocycles. The van der Waals surface area contributed by atoms with Gasteiger partial charge in [-0.3, -0.25) is 0 Å². The summed E-state index contributed by atoms with van der Waals surface area (Å²) in [5.41, 5.74) is 1.32. The molecule has 0 aliphatic rings. The van der Waals surface area contributed by atoms with Crippen LogP contribution in [0.5, 0.6) is 17.2 Å². The summed E-state index contributed by atoms with van der Waals surface area (Å²) in [4.78, 5) is 0. The van der Waals surface area contributed by atoms with Gasteiger partial charge in [0.05, 0.1) is 20.3 Å². The van der Waals surface area contributed by atoms with E-state index in [1.165, 1.54) is 5.56 Å². The van der Waals surface area contributed by atoms with Gasteiger partial charge in [0.2, 0.25) is 0 Å². The van der Waals surface area contributed by atoms with Crippen molar-refractivity contribution in [2.24, 2.45) is 0 Å². The Hall–Kier alpha value is -2.16. The average Bonchev–Trinajstić information content (AvgIpc) is 2.55. The highest BCUT2D eigenvalue weighted by Crippen LogP contribution is 2.19. The van der Waals surface area contributed by atoms with Crippen molar-refractivity contribution in [2.45, 2.75) is 19.8 Å². The summed E-state index contributed by atoms with van der Waals surface area (Å²) in [6.45, 7) is 3.42. The first-order chi connectivity index (χ1) is 10.3. The summed E-state index contributed by atoms with van der Waals surface area (Å²) in [6, 6.07) is 15.8. The van der Waals surface area contributed by atoms with Gasteiger partial charge in [0.1, 0.15) is 17.2 Å². The van der Waals surface area contributed by atoms with Crippen LogP contribution in [0.1, 0.15) is 18.9 Å². The summed E-state index contributed by atoms with van der Waals surface area (Å²) in [5, 5.41) is 0. The Morgan fingerprint density at radius 1 is 0.810 bits per heavy atom. The Morgan fingerprint density at radius 3 is 2.14 bits per heavy atom. The fourth-order valence-electron chi connectivity index (χ4n) is 1.95. The minimum atomic E-state index is 0.625. The zero-order valence-electron chi connectivity index (χ0n) is 12.7. The molecular weight excluding hydrogens is 264 g/mol. The van der Waals surface area contributed by atoms with E-state index in [0.29, 0.717) is 13.2 Å². The second kappa shape index (κ2) is 8.20. The van der Waals surface area contributed by atoms with Gasteiger partial charge in [-0.1, -0.05) is 25.1 Å². The molecule has 2 rings (SSSR count). The van der Waals surface area contributed by atoms with Crippen LogP contribution in [0.3, 0.4) is 0 Å². The third kappa shape index (κ3) is 5.03. The number of benzene rings is 2. The first kappa shape index (κ1) is 15.2. The van der Waals surface area contributed by atoms with Gasteiger partial charge in [-0.15, -0.1) is 0 Å². The highest BCUT2D eigenvalue weighted by molar-refractivity contribution is 5.32. The van der Waals surface area contributed by atoms with Gasteiger partial charge in [-0.25, -0.2) is 0 Å². The topological polar surface area (TPSA) is 27.7 Å². The summed E-state index contributed by atoms with van der Waals surface area (Å²) in [6.07, 6.45) is 1.89. The predicted octanol–water partition coefficient (Wildman–Crippen LogP) is 4.11. The maximum atomic E-state index is 5.68. The molecule has 0 N–H and O–H groups in total. The van der Waals surface area contributed by atoms with Crippen LogP contribution >= 0.6 is 0 Å². The highest BCUT2D eigenvalue weighted by atomic mass is 16.5. The SMILES string of the molecule is CCc1ccc(OCCCOc2cccc(OC)c2)cc1. The predicted molar refractivity (Wildman–Crippen MR) is 84.4 cm³/mol. The molecule has 112 valence electrons. The van der Waals surface area contributed by atoms with Gasteiger partial charge in [0.15, 0.2) is 0 Å². The summed E-state index contributed by atoms with van der Waals surface area (Å²) < 4.78 is 16.5. The van der Waals surface area contributed by atoms with Crippen molar-refractivity contribution < 1.29 is 14.2 Å². The molecule has 0 aliphatic heterocycles. The van der Waals surface area contributed by atoms with Gasteiger partial charge in [0, 0.05) is 12.5 Å². The Kier molecular flexibility index (Phi) is 5.95. The van der Waals surface area contributed by atoms with Crippen LogP contribution in [-0.2, 0) is 6.42 Å². The highest BCUT2D eigenvalue weighted by Gasteiger charge is 1.98. The van der Waals surface area contributed by atoms with Crippen LogP contribution in [0, 0.1) is 0 Å². The van der Waals surface area contributed by atoms with Gasteiger partial charge >= 0.3 is 0 Å². The molecule has 21 heavy (non-hydrogen) atoms. The standard InChI is InChI=1S/C18H22O3/c1-3-15-8-10-16(11-9-15)20-12-5-13-21-18-7-4-6-17(14-18)19-2/h4,6-11,14H,3,5,12-13H2,1-2H3. The van der Waals surface area contributed by atoms with E-state index >= 15 is 0 Å². The molecule has 0 atom stereocenters. The summed E-state index contributed by atoms with van der Waals surface area (Å²) in [7, 11) is 1.65. The van der Waals surface area contributed by atoms with Crippen LogP contribution in [0.25, 0.3) is 0 Å². The molecule has 3 nitrogen and oxygen atoms in total. The lowest BCUT2D eigenvalue weighted by molar-refractivity contribution is 0.247. The van der Waals surface area contributed by atoms with Crippen molar-refractivity contribution in [3.63, 3.8) is 0 Å². The molecule has 0 fully saturated rings. The van der Waals surface area contributed by atoms with E-state index in [1.54, 1.807) is 7.11 Å². The molecule has 0 bridgehead atoms. The van der Waals surface area contributed by atoms with Gasteiger partial charge in [-0.2, -0.15) is 0 Å². The van der Waals surface area contributed by atoms with Crippen molar-refractivity contribution in [1.29, 1.82) is 0 Å². The van der Waals surface area contributed by atoms with Crippen LogP contribution in [0.2, 0.25) is 0 Å². The van der Waals surface area contributed by atoms with Crippen LogP contribution in [-0.4, -0.2) is 20.3 Å². The third-order valence-electron chi connectivity index (χ3n) is 3.20. The molecule has 0 saturated heterocycles.